The summed E-state index contributed by atoms with van der Waals surface area (Å²) in [6, 6.07) is 7.07. The Labute approximate surface area is 149 Å². The second-order valence-corrected chi connectivity index (χ2v) is 8.79. The van der Waals surface area contributed by atoms with E-state index in [9.17, 15) is 0 Å². The fourth-order valence-electron chi connectivity index (χ4n) is 3.29. The van der Waals surface area contributed by atoms with E-state index < -0.39 is 0 Å². The third kappa shape index (κ3) is 3.22. The van der Waals surface area contributed by atoms with Crippen molar-refractivity contribution in [1.82, 2.24) is 9.55 Å². The molecule has 1 unspecified atom stereocenters. The first kappa shape index (κ1) is 15.9. The smallest absolute Gasteiger partial charge is 0.127 e. The summed E-state index contributed by atoms with van der Waals surface area (Å²) < 4.78 is 3.64. The van der Waals surface area contributed by atoms with Crippen molar-refractivity contribution in [2.24, 2.45) is 0 Å². The van der Waals surface area contributed by atoms with Crippen molar-refractivity contribution >= 4 is 57.0 Å². The Hall–Kier alpha value is 0.0600. The van der Waals surface area contributed by atoms with Gasteiger partial charge in [-0.1, -0.05) is 0 Å². The SMILES string of the molecule is CSC1CCC(n2c(C(C)Cl)nc3cc(I)ccc32)CC1. The average molecular weight is 435 g/mol. The average Bonchev–Trinajstić information content (AvgIpc) is 2.86. The molecule has 5 heteroatoms. The number of halogens is 2. The van der Waals surface area contributed by atoms with Crippen LogP contribution in [0, 0.1) is 3.57 Å². The van der Waals surface area contributed by atoms with Crippen molar-refractivity contribution in [3.05, 3.63) is 27.6 Å². The fraction of sp³-hybridized carbons (Fsp3) is 0.562. The molecular formula is C16H20ClIN2S. The molecule has 0 bridgehead atoms. The Morgan fingerprint density at radius 2 is 2.05 bits per heavy atom. The molecule has 1 aliphatic carbocycles. The van der Waals surface area contributed by atoms with Gasteiger partial charge in [-0.25, -0.2) is 4.98 Å². The van der Waals surface area contributed by atoms with Gasteiger partial charge in [-0.05, 0) is 79.7 Å². The molecule has 1 aliphatic rings. The predicted octanol–water partition coefficient (Wildman–Crippen LogP) is 5.79. The summed E-state index contributed by atoms with van der Waals surface area (Å²) in [6.07, 6.45) is 7.29. The second kappa shape index (κ2) is 6.67. The standard InChI is InChI=1S/C16H20ClIN2S/c1-10(17)16-19-14-9-11(18)3-8-15(14)20(16)12-4-6-13(21-2)7-5-12/h3,8-10,12-13H,4-7H2,1-2H3. The molecule has 2 nitrogen and oxygen atoms in total. The maximum absolute atomic E-state index is 6.41. The van der Waals surface area contributed by atoms with Gasteiger partial charge < -0.3 is 4.57 Å². The molecule has 1 fully saturated rings. The van der Waals surface area contributed by atoms with E-state index >= 15 is 0 Å². The van der Waals surface area contributed by atoms with Gasteiger partial charge in [0.05, 0.1) is 16.4 Å². The molecule has 0 saturated heterocycles. The van der Waals surface area contributed by atoms with E-state index in [0.717, 1.165) is 16.6 Å². The second-order valence-electron chi connectivity index (χ2n) is 5.76. The van der Waals surface area contributed by atoms with Gasteiger partial charge in [-0.3, -0.25) is 0 Å². The number of aromatic nitrogens is 2. The van der Waals surface area contributed by atoms with E-state index in [-0.39, 0.29) is 5.38 Å². The number of hydrogen-bond donors (Lipinski definition) is 0. The van der Waals surface area contributed by atoms with Crippen LogP contribution in [-0.4, -0.2) is 21.1 Å². The third-order valence-corrected chi connectivity index (χ3v) is 6.38. The highest BCUT2D eigenvalue weighted by atomic mass is 127. The number of rotatable bonds is 3. The molecule has 1 heterocycles. The van der Waals surface area contributed by atoms with Crippen LogP contribution < -0.4 is 0 Å². The summed E-state index contributed by atoms with van der Waals surface area (Å²) in [7, 11) is 0. The van der Waals surface area contributed by atoms with Crippen molar-refractivity contribution < 1.29 is 0 Å². The number of thioether (sulfide) groups is 1. The molecule has 2 aromatic rings. The number of fused-ring (bicyclic) bond motifs is 1. The van der Waals surface area contributed by atoms with Gasteiger partial charge in [0.2, 0.25) is 0 Å². The van der Waals surface area contributed by atoms with Crippen LogP contribution in [0.3, 0.4) is 0 Å². The Bertz CT molecular complexity index is 632. The molecule has 0 amide bonds. The molecule has 1 atom stereocenters. The van der Waals surface area contributed by atoms with Crippen LogP contribution in [0.4, 0.5) is 0 Å². The zero-order chi connectivity index (χ0) is 15.0. The van der Waals surface area contributed by atoms with Crippen LogP contribution in [0.5, 0.6) is 0 Å². The maximum atomic E-state index is 6.41. The zero-order valence-corrected chi connectivity index (χ0v) is 16.1. The number of hydrogen-bond acceptors (Lipinski definition) is 2. The first-order valence-electron chi connectivity index (χ1n) is 7.44. The largest absolute Gasteiger partial charge is 0.324 e. The number of benzene rings is 1. The lowest BCUT2D eigenvalue weighted by atomic mass is 9.94. The van der Waals surface area contributed by atoms with E-state index in [4.69, 9.17) is 16.6 Å². The minimum atomic E-state index is -0.0478. The van der Waals surface area contributed by atoms with E-state index in [1.54, 1.807) is 0 Å². The maximum Gasteiger partial charge on any atom is 0.127 e. The lowest BCUT2D eigenvalue weighted by molar-refractivity contribution is 0.359. The van der Waals surface area contributed by atoms with Crippen molar-refractivity contribution in [2.45, 2.75) is 49.3 Å². The Morgan fingerprint density at radius 3 is 2.67 bits per heavy atom. The highest BCUT2D eigenvalue weighted by Crippen LogP contribution is 2.38. The lowest BCUT2D eigenvalue weighted by Gasteiger charge is -2.30. The van der Waals surface area contributed by atoms with Crippen molar-refractivity contribution in [3.8, 4) is 0 Å². The van der Waals surface area contributed by atoms with E-state index in [1.165, 1.54) is 34.8 Å². The van der Waals surface area contributed by atoms with Gasteiger partial charge in [0.1, 0.15) is 5.82 Å². The quantitative estimate of drug-likeness (QED) is 0.449. The first-order valence-corrected chi connectivity index (χ1v) is 10.2. The van der Waals surface area contributed by atoms with E-state index in [0.29, 0.717) is 6.04 Å². The molecule has 0 N–H and O–H groups in total. The van der Waals surface area contributed by atoms with Gasteiger partial charge in [-0.2, -0.15) is 11.8 Å². The minimum absolute atomic E-state index is 0.0478. The summed E-state index contributed by atoms with van der Waals surface area (Å²) in [5.41, 5.74) is 2.32. The highest BCUT2D eigenvalue weighted by Gasteiger charge is 2.26. The van der Waals surface area contributed by atoms with Crippen LogP contribution in [0.2, 0.25) is 0 Å². The predicted molar refractivity (Wildman–Crippen MR) is 102 cm³/mol. The normalized spacial score (nSPS) is 24.4. The minimum Gasteiger partial charge on any atom is -0.324 e. The summed E-state index contributed by atoms with van der Waals surface area (Å²) in [5.74, 6) is 1.03. The summed E-state index contributed by atoms with van der Waals surface area (Å²) in [5, 5.41) is 0.780. The molecule has 114 valence electrons. The summed E-state index contributed by atoms with van der Waals surface area (Å²) in [4.78, 5) is 4.81. The molecule has 3 rings (SSSR count). The Balaban J connectivity index is 2.02. The van der Waals surface area contributed by atoms with Gasteiger partial charge in [0.15, 0.2) is 0 Å². The molecular weight excluding hydrogens is 415 g/mol. The molecule has 1 aromatic heterocycles. The number of imidazole rings is 1. The fourth-order valence-corrected chi connectivity index (χ4v) is 4.67. The zero-order valence-electron chi connectivity index (χ0n) is 12.4. The van der Waals surface area contributed by atoms with Crippen LogP contribution >= 0.6 is 46.0 Å². The van der Waals surface area contributed by atoms with Crippen molar-refractivity contribution in [2.75, 3.05) is 6.26 Å². The molecule has 1 saturated carbocycles. The van der Waals surface area contributed by atoms with Crippen LogP contribution in [-0.2, 0) is 0 Å². The monoisotopic (exact) mass is 434 g/mol. The summed E-state index contributed by atoms with van der Waals surface area (Å²) >= 11 is 10.8. The Kier molecular flexibility index (Phi) is 5.06. The van der Waals surface area contributed by atoms with E-state index in [1.807, 2.05) is 18.7 Å². The molecule has 21 heavy (non-hydrogen) atoms. The van der Waals surface area contributed by atoms with Crippen molar-refractivity contribution in [1.29, 1.82) is 0 Å². The number of alkyl halides is 1. The first-order chi connectivity index (χ1) is 10.1. The van der Waals surface area contributed by atoms with Gasteiger partial charge in [0, 0.05) is 14.9 Å². The van der Waals surface area contributed by atoms with Crippen LogP contribution in [0.25, 0.3) is 11.0 Å². The Morgan fingerprint density at radius 1 is 1.33 bits per heavy atom. The van der Waals surface area contributed by atoms with Gasteiger partial charge >= 0.3 is 0 Å². The topological polar surface area (TPSA) is 17.8 Å². The summed E-state index contributed by atoms with van der Waals surface area (Å²) in [6.45, 7) is 2.03. The third-order valence-electron chi connectivity index (χ3n) is 4.38. The molecule has 0 aliphatic heterocycles. The van der Waals surface area contributed by atoms with E-state index in [2.05, 4.69) is 51.6 Å². The van der Waals surface area contributed by atoms with Gasteiger partial charge in [-0.15, -0.1) is 11.6 Å². The molecule has 1 aromatic carbocycles. The van der Waals surface area contributed by atoms with Crippen LogP contribution in [0.1, 0.15) is 49.9 Å². The molecule has 0 radical (unpaired) electrons. The lowest BCUT2D eigenvalue weighted by Crippen LogP contribution is -2.21. The van der Waals surface area contributed by atoms with Crippen molar-refractivity contribution in [3.63, 3.8) is 0 Å². The van der Waals surface area contributed by atoms with Gasteiger partial charge in [0.25, 0.3) is 0 Å². The van der Waals surface area contributed by atoms with Crippen LogP contribution in [0.15, 0.2) is 18.2 Å². The number of nitrogens with zero attached hydrogens (tertiary/aromatic N) is 2. The highest BCUT2D eigenvalue weighted by molar-refractivity contribution is 14.1. The molecule has 0 spiro atoms.